The summed E-state index contributed by atoms with van der Waals surface area (Å²) in [5, 5.41) is 3.38. The first-order valence-corrected chi connectivity index (χ1v) is 5.05. The Morgan fingerprint density at radius 2 is 2.14 bits per heavy atom. The number of nitrogens with zero attached hydrogens (tertiary/aromatic N) is 1. The summed E-state index contributed by atoms with van der Waals surface area (Å²) in [5.74, 6) is 0. The van der Waals surface area contributed by atoms with E-state index in [1.54, 1.807) is 0 Å². The summed E-state index contributed by atoms with van der Waals surface area (Å²) in [4.78, 5) is 3.99. The molecule has 0 amide bonds. The highest BCUT2D eigenvalue weighted by atomic mass is 16.5. The lowest BCUT2D eigenvalue weighted by Crippen LogP contribution is -2.23. The van der Waals surface area contributed by atoms with E-state index in [4.69, 9.17) is 4.74 Å². The van der Waals surface area contributed by atoms with Crippen LogP contribution in [0, 0.1) is 0 Å². The molecule has 1 N–H and O–H groups in total. The van der Waals surface area contributed by atoms with E-state index in [1.165, 1.54) is 5.56 Å². The van der Waals surface area contributed by atoms with E-state index < -0.39 is 0 Å². The van der Waals surface area contributed by atoms with Gasteiger partial charge in [-0.25, -0.2) is 0 Å². The minimum absolute atomic E-state index is 0.360. The van der Waals surface area contributed by atoms with E-state index in [9.17, 15) is 0 Å². The molecule has 0 aliphatic heterocycles. The predicted molar refractivity (Wildman–Crippen MR) is 57.1 cm³/mol. The summed E-state index contributed by atoms with van der Waals surface area (Å²) >= 11 is 0. The number of hydrogen-bond acceptors (Lipinski definition) is 3. The normalized spacial score (nSPS) is 12.7. The first kappa shape index (κ1) is 11.1. The van der Waals surface area contributed by atoms with Crippen molar-refractivity contribution in [2.45, 2.75) is 19.9 Å². The Bertz CT molecular complexity index is 238. The molecule has 1 rings (SSSR count). The Hall–Kier alpha value is -0.930. The summed E-state index contributed by atoms with van der Waals surface area (Å²) in [6.45, 7) is 6.59. The number of hydrogen-bond donors (Lipinski definition) is 1. The molecule has 0 saturated carbocycles. The van der Waals surface area contributed by atoms with Crippen molar-refractivity contribution < 1.29 is 4.74 Å². The largest absolute Gasteiger partial charge is 0.380 e. The second-order valence-electron chi connectivity index (χ2n) is 3.15. The van der Waals surface area contributed by atoms with Gasteiger partial charge in [-0.2, -0.15) is 0 Å². The van der Waals surface area contributed by atoms with E-state index in [0.29, 0.717) is 6.04 Å². The number of ether oxygens (including phenoxy) is 1. The molecule has 0 unspecified atom stereocenters. The summed E-state index contributed by atoms with van der Waals surface area (Å²) in [5.41, 5.74) is 1.26. The Labute approximate surface area is 85.5 Å². The van der Waals surface area contributed by atoms with Crippen LogP contribution in [0.1, 0.15) is 25.5 Å². The van der Waals surface area contributed by atoms with Gasteiger partial charge in [0.15, 0.2) is 0 Å². The second-order valence-corrected chi connectivity index (χ2v) is 3.15. The van der Waals surface area contributed by atoms with E-state index in [-0.39, 0.29) is 0 Å². The maximum absolute atomic E-state index is 5.24. The van der Waals surface area contributed by atoms with Crippen LogP contribution in [0.2, 0.25) is 0 Å². The Balaban J connectivity index is 2.25. The zero-order chi connectivity index (χ0) is 10.2. The topological polar surface area (TPSA) is 34.1 Å². The van der Waals surface area contributed by atoms with Gasteiger partial charge in [0.1, 0.15) is 0 Å². The van der Waals surface area contributed by atoms with Gasteiger partial charge in [-0.15, -0.1) is 0 Å². The van der Waals surface area contributed by atoms with Gasteiger partial charge in [0, 0.05) is 31.6 Å². The smallest absolute Gasteiger partial charge is 0.0590 e. The monoisotopic (exact) mass is 194 g/mol. The summed E-state index contributed by atoms with van der Waals surface area (Å²) in [7, 11) is 0. The molecule has 0 fully saturated rings. The van der Waals surface area contributed by atoms with Crippen molar-refractivity contribution in [3.05, 3.63) is 30.1 Å². The molecule has 0 aromatic carbocycles. The van der Waals surface area contributed by atoms with Gasteiger partial charge in [-0.05, 0) is 31.5 Å². The van der Waals surface area contributed by atoms with E-state index in [2.05, 4.69) is 17.2 Å². The average Bonchev–Trinajstić information content (AvgIpc) is 2.25. The highest BCUT2D eigenvalue weighted by Crippen LogP contribution is 2.09. The standard InChI is InChI=1S/C11H18N2O/c1-3-14-9-8-13-10(2)11-4-6-12-7-5-11/h4-7,10,13H,3,8-9H2,1-2H3/t10-/m1/s1. The van der Waals surface area contributed by atoms with Gasteiger partial charge < -0.3 is 10.1 Å². The van der Waals surface area contributed by atoms with Gasteiger partial charge in [0.2, 0.25) is 0 Å². The zero-order valence-electron chi connectivity index (χ0n) is 8.86. The van der Waals surface area contributed by atoms with Crippen molar-refractivity contribution in [2.24, 2.45) is 0 Å². The molecular weight excluding hydrogens is 176 g/mol. The highest BCUT2D eigenvalue weighted by molar-refractivity contribution is 5.13. The maximum Gasteiger partial charge on any atom is 0.0590 e. The molecule has 1 aromatic heterocycles. The summed E-state index contributed by atoms with van der Waals surface area (Å²) in [6, 6.07) is 4.41. The lowest BCUT2D eigenvalue weighted by atomic mass is 10.1. The lowest BCUT2D eigenvalue weighted by Gasteiger charge is -2.13. The van der Waals surface area contributed by atoms with Crippen molar-refractivity contribution in [2.75, 3.05) is 19.8 Å². The first-order valence-electron chi connectivity index (χ1n) is 5.05. The average molecular weight is 194 g/mol. The number of rotatable bonds is 6. The van der Waals surface area contributed by atoms with Crippen LogP contribution in [0.3, 0.4) is 0 Å². The van der Waals surface area contributed by atoms with Crippen LogP contribution < -0.4 is 5.32 Å². The first-order chi connectivity index (χ1) is 6.84. The number of nitrogens with one attached hydrogen (secondary N) is 1. The fourth-order valence-electron chi connectivity index (χ4n) is 1.26. The molecule has 1 aromatic rings. The molecule has 1 heterocycles. The number of pyridine rings is 1. The SMILES string of the molecule is CCOCCN[C@H](C)c1ccncc1. The van der Waals surface area contributed by atoms with Crippen LogP contribution in [0.4, 0.5) is 0 Å². The van der Waals surface area contributed by atoms with Gasteiger partial charge in [0.05, 0.1) is 6.61 Å². The molecule has 3 heteroatoms. The van der Waals surface area contributed by atoms with Gasteiger partial charge >= 0.3 is 0 Å². The Kier molecular flexibility index (Phi) is 5.19. The molecular formula is C11H18N2O. The second kappa shape index (κ2) is 6.51. The van der Waals surface area contributed by atoms with E-state index >= 15 is 0 Å². The molecule has 1 atom stereocenters. The molecule has 0 aliphatic carbocycles. The van der Waals surface area contributed by atoms with Gasteiger partial charge in [0.25, 0.3) is 0 Å². The Morgan fingerprint density at radius 1 is 1.43 bits per heavy atom. The molecule has 14 heavy (non-hydrogen) atoms. The van der Waals surface area contributed by atoms with Crippen molar-refractivity contribution in [1.29, 1.82) is 0 Å². The third-order valence-corrected chi connectivity index (χ3v) is 2.11. The van der Waals surface area contributed by atoms with Crippen LogP contribution >= 0.6 is 0 Å². The molecule has 78 valence electrons. The maximum atomic E-state index is 5.24. The fraction of sp³-hybridized carbons (Fsp3) is 0.545. The summed E-state index contributed by atoms with van der Waals surface area (Å²) < 4.78 is 5.24. The molecule has 0 saturated heterocycles. The minimum Gasteiger partial charge on any atom is -0.380 e. The van der Waals surface area contributed by atoms with Crippen LogP contribution in [-0.4, -0.2) is 24.7 Å². The van der Waals surface area contributed by atoms with Crippen molar-refractivity contribution in [3.63, 3.8) is 0 Å². The molecule has 0 radical (unpaired) electrons. The van der Waals surface area contributed by atoms with Crippen LogP contribution in [0.5, 0.6) is 0 Å². The van der Waals surface area contributed by atoms with Crippen molar-refractivity contribution in [1.82, 2.24) is 10.3 Å². The van der Waals surface area contributed by atoms with Crippen LogP contribution in [0.15, 0.2) is 24.5 Å². The van der Waals surface area contributed by atoms with Crippen molar-refractivity contribution >= 4 is 0 Å². The van der Waals surface area contributed by atoms with Crippen molar-refractivity contribution in [3.8, 4) is 0 Å². The lowest BCUT2D eigenvalue weighted by molar-refractivity contribution is 0.147. The van der Waals surface area contributed by atoms with Gasteiger partial charge in [-0.3, -0.25) is 4.98 Å². The summed E-state index contributed by atoms with van der Waals surface area (Å²) in [6.07, 6.45) is 3.63. The minimum atomic E-state index is 0.360. The van der Waals surface area contributed by atoms with E-state index in [1.807, 2.05) is 31.5 Å². The fourth-order valence-corrected chi connectivity index (χ4v) is 1.26. The third kappa shape index (κ3) is 3.85. The van der Waals surface area contributed by atoms with Crippen LogP contribution in [0.25, 0.3) is 0 Å². The zero-order valence-corrected chi connectivity index (χ0v) is 8.86. The third-order valence-electron chi connectivity index (χ3n) is 2.11. The molecule has 3 nitrogen and oxygen atoms in total. The highest BCUT2D eigenvalue weighted by Gasteiger charge is 2.02. The van der Waals surface area contributed by atoms with Crippen LogP contribution in [-0.2, 0) is 4.74 Å². The predicted octanol–water partition coefficient (Wildman–Crippen LogP) is 1.77. The van der Waals surface area contributed by atoms with Gasteiger partial charge in [-0.1, -0.05) is 0 Å². The Morgan fingerprint density at radius 3 is 2.79 bits per heavy atom. The molecule has 0 bridgehead atoms. The number of aromatic nitrogens is 1. The van der Waals surface area contributed by atoms with E-state index in [0.717, 1.165) is 19.8 Å². The molecule has 0 aliphatic rings. The quantitative estimate of drug-likeness (QED) is 0.701. The molecule has 0 spiro atoms.